The molecule has 0 aliphatic carbocycles. The highest BCUT2D eigenvalue weighted by molar-refractivity contribution is 5.65. The third kappa shape index (κ3) is 3.00. The van der Waals surface area contributed by atoms with Crippen molar-refractivity contribution in [2.24, 2.45) is 0 Å². The lowest BCUT2D eigenvalue weighted by atomic mass is 10.1. The van der Waals surface area contributed by atoms with Crippen molar-refractivity contribution in [3.05, 3.63) is 42.2 Å². The Morgan fingerprint density at radius 3 is 2.50 bits per heavy atom. The molecule has 3 aromatic rings. The van der Waals surface area contributed by atoms with Crippen molar-refractivity contribution < 1.29 is 13.2 Å². The SMILES string of the molecule is Nc1nc(-c2ccccc2)cc2nc(CCC(F)(F)F)nn12. The average molecular weight is 307 g/mol. The van der Waals surface area contributed by atoms with Crippen molar-refractivity contribution in [3.8, 4) is 11.3 Å². The molecule has 0 saturated carbocycles. The Balaban J connectivity index is 1.97. The molecule has 8 heteroatoms. The summed E-state index contributed by atoms with van der Waals surface area (Å²) >= 11 is 0. The molecule has 1 aromatic carbocycles. The number of hydrogen-bond acceptors (Lipinski definition) is 4. The van der Waals surface area contributed by atoms with E-state index in [4.69, 9.17) is 5.73 Å². The van der Waals surface area contributed by atoms with Crippen LogP contribution < -0.4 is 5.73 Å². The Morgan fingerprint density at radius 2 is 1.82 bits per heavy atom. The van der Waals surface area contributed by atoms with Crippen LogP contribution in [0.2, 0.25) is 0 Å². The lowest BCUT2D eigenvalue weighted by molar-refractivity contribution is -0.134. The van der Waals surface area contributed by atoms with Gasteiger partial charge < -0.3 is 5.73 Å². The summed E-state index contributed by atoms with van der Waals surface area (Å²) in [4.78, 5) is 8.30. The zero-order valence-corrected chi connectivity index (χ0v) is 11.4. The van der Waals surface area contributed by atoms with E-state index >= 15 is 0 Å². The Labute approximate surface area is 123 Å². The maximum absolute atomic E-state index is 12.3. The van der Waals surface area contributed by atoms with Gasteiger partial charge in [-0.2, -0.15) is 17.7 Å². The Hall–Kier alpha value is -2.64. The number of hydrogen-bond donors (Lipinski definition) is 1. The van der Waals surface area contributed by atoms with Gasteiger partial charge in [-0.3, -0.25) is 0 Å². The lowest BCUT2D eigenvalue weighted by Crippen LogP contribution is -2.09. The number of nitrogens with zero attached hydrogens (tertiary/aromatic N) is 4. The van der Waals surface area contributed by atoms with Crippen molar-refractivity contribution in [1.29, 1.82) is 0 Å². The molecule has 3 rings (SSSR count). The highest BCUT2D eigenvalue weighted by Crippen LogP contribution is 2.23. The van der Waals surface area contributed by atoms with Gasteiger partial charge in [0.15, 0.2) is 11.5 Å². The van der Waals surface area contributed by atoms with Crippen LogP contribution in [-0.4, -0.2) is 25.8 Å². The summed E-state index contributed by atoms with van der Waals surface area (Å²) in [5, 5.41) is 3.97. The fraction of sp³-hybridized carbons (Fsp3) is 0.214. The number of rotatable bonds is 3. The molecule has 0 aliphatic heterocycles. The number of anilines is 1. The topological polar surface area (TPSA) is 69.1 Å². The van der Waals surface area contributed by atoms with Crippen molar-refractivity contribution in [3.63, 3.8) is 0 Å². The monoisotopic (exact) mass is 307 g/mol. The summed E-state index contributed by atoms with van der Waals surface area (Å²) in [5.74, 6) is 0.179. The van der Waals surface area contributed by atoms with Crippen LogP contribution in [0.1, 0.15) is 12.2 Å². The van der Waals surface area contributed by atoms with Crippen molar-refractivity contribution in [2.75, 3.05) is 5.73 Å². The summed E-state index contributed by atoms with van der Waals surface area (Å²) < 4.78 is 38.0. The Morgan fingerprint density at radius 1 is 1.09 bits per heavy atom. The zero-order valence-electron chi connectivity index (χ0n) is 11.4. The highest BCUT2D eigenvalue weighted by atomic mass is 19.4. The molecular weight excluding hydrogens is 295 g/mol. The van der Waals surface area contributed by atoms with Gasteiger partial charge in [-0.05, 0) is 0 Å². The summed E-state index contributed by atoms with van der Waals surface area (Å²) in [6.07, 6.45) is -5.50. The fourth-order valence-electron chi connectivity index (χ4n) is 2.07. The second kappa shape index (κ2) is 5.28. The molecular formula is C14H12F3N5. The van der Waals surface area contributed by atoms with E-state index in [-0.39, 0.29) is 18.2 Å². The maximum Gasteiger partial charge on any atom is 0.389 e. The molecule has 2 aromatic heterocycles. The molecule has 0 aliphatic rings. The summed E-state index contributed by atoms with van der Waals surface area (Å²) in [7, 11) is 0. The van der Waals surface area contributed by atoms with E-state index in [0.29, 0.717) is 11.3 Å². The van der Waals surface area contributed by atoms with Crippen molar-refractivity contribution >= 4 is 11.6 Å². The second-order valence-electron chi connectivity index (χ2n) is 4.78. The van der Waals surface area contributed by atoms with Crippen LogP contribution in [0.3, 0.4) is 0 Å². The number of benzene rings is 1. The first-order valence-corrected chi connectivity index (χ1v) is 6.57. The molecule has 0 atom stereocenters. The van der Waals surface area contributed by atoms with Crippen LogP contribution in [0.5, 0.6) is 0 Å². The third-order valence-electron chi connectivity index (χ3n) is 3.10. The molecule has 0 bridgehead atoms. The molecule has 114 valence electrons. The van der Waals surface area contributed by atoms with Crippen molar-refractivity contribution in [1.82, 2.24) is 19.6 Å². The highest BCUT2D eigenvalue weighted by Gasteiger charge is 2.27. The molecule has 5 nitrogen and oxygen atoms in total. The smallest absolute Gasteiger partial charge is 0.368 e. The quantitative estimate of drug-likeness (QED) is 0.808. The van der Waals surface area contributed by atoms with Crippen LogP contribution in [-0.2, 0) is 6.42 Å². The van der Waals surface area contributed by atoms with Gasteiger partial charge in [-0.25, -0.2) is 9.97 Å². The normalized spacial score (nSPS) is 12.0. The molecule has 2 heterocycles. The minimum atomic E-state index is -4.24. The fourth-order valence-corrected chi connectivity index (χ4v) is 2.07. The molecule has 0 spiro atoms. The van der Waals surface area contributed by atoms with Crippen LogP contribution in [0.15, 0.2) is 36.4 Å². The van der Waals surface area contributed by atoms with Gasteiger partial charge in [0.25, 0.3) is 0 Å². The molecule has 2 N–H and O–H groups in total. The molecule has 0 unspecified atom stereocenters. The van der Waals surface area contributed by atoms with Gasteiger partial charge in [-0.1, -0.05) is 30.3 Å². The summed E-state index contributed by atoms with van der Waals surface area (Å²) in [6.45, 7) is 0. The number of halogens is 3. The zero-order chi connectivity index (χ0) is 15.7. The van der Waals surface area contributed by atoms with E-state index in [9.17, 15) is 13.2 Å². The van der Waals surface area contributed by atoms with Gasteiger partial charge in [0, 0.05) is 18.1 Å². The standard InChI is InChI=1S/C14H12F3N5/c15-14(16,17)7-6-11-20-12-8-10(9-4-2-1-3-5-9)19-13(18)22(12)21-11/h1-5,8H,6-7H2,(H2,18,19). The first kappa shape index (κ1) is 14.3. The Bertz CT molecular complexity index is 795. The number of aromatic nitrogens is 4. The molecule has 0 radical (unpaired) electrons. The average Bonchev–Trinajstić information content (AvgIpc) is 2.89. The molecule has 0 fully saturated rings. The third-order valence-corrected chi connectivity index (χ3v) is 3.10. The maximum atomic E-state index is 12.3. The summed E-state index contributed by atoms with van der Waals surface area (Å²) in [6, 6.07) is 11.0. The van der Waals surface area contributed by atoms with Gasteiger partial charge in [-0.15, -0.1) is 5.10 Å². The molecule has 0 saturated heterocycles. The summed E-state index contributed by atoms with van der Waals surface area (Å²) in [5.41, 5.74) is 7.64. The first-order valence-electron chi connectivity index (χ1n) is 6.57. The minimum absolute atomic E-state index is 0.0853. The predicted molar refractivity (Wildman–Crippen MR) is 75.0 cm³/mol. The molecule has 0 amide bonds. The molecule has 22 heavy (non-hydrogen) atoms. The Kier molecular flexibility index (Phi) is 3.44. The van der Waals surface area contributed by atoms with Gasteiger partial charge in [0.05, 0.1) is 12.1 Å². The number of nitrogens with two attached hydrogens (primary N) is 1. The number of nitrogen functional groups attached to an aromatic ring is 1. The van der Waals surface area contributed by atoms with E-state index in [2.05, 4.69) is 15.1 Å². The lowest BCUT2D eigenvalue weighted by Gasteiger charge is -2.03. The van der Waals surface area contributed by atoms with E-state index in [1.54, 1.807) is 6.07 Å². The van der Waals surface area contributed by atoms with E-state index in [0.717, 1.165) is 5.56 Å². The number of alkyl halides is 3. The van der Waals surface area contributed by atoms with E-state index < -0.39 is 12.6 Å². The van der Waals surface area contributed by atoms with E-state index in [1.807, 2.05) is 30.3 Å². The van der Waals surface area contributed by atoms with E-state index in [1.165, 1.54) is 4.52 Å². The van der Waals surface area contributed by atoms with Crippen molar-refractivity contribution in [2.45, 2.75) is 19.0 Å². The van der Waals surface area contributed by atoms with Crippen LogP contribution >= 0.6 is 0 Å². The van der Waals surface area contributed by atoms with Crippen LogP contribution in [0.4, 0.5) is 19.1 Å². The van der Waals surface area contributed by atoms with Crippen LogP contribution in [0, 0.1) is 0 Å². The second-order valence-corrected chi connectivity index (χ2v) is 4.78. The van der Waals surface area contributed by atoms with Gasteiger partial charge in [0.1, 0.15) is 0 Å². The predicted octanol–water partition coefficient (Wildman–Crippen LogP) is 2.87. The number of fused-ring (bicyclic) bond motifs is 1. The van der Waals surface area contributed by atoms with Gasteiger partial charge >= 0.3 is 6.18 Å². The minimum Gasteiger partial charge on any atom is -0.368 e. The van der Waals surface area contributed by atoms with Gasteiger partial charge in [0.2, 0.25) is 5.95 Å². The number of aryl methyl sites for hydroxylation is 1. The largest absolute Gasteiger partial charge is 0.389 e. The van der Waals surface area contributed by atoms with Crippen LogP contribution in [0.25, 0.3) is 16.9 Å². The first-order chi connectivity index (χ1) is 10.4.